The Labute approximate surface area is 146 Å². The van der Waals surface area contributed by atoms with Crippen LogP contribution in [0.3, 0.4) is 0 Å². The quantitative estimate of drug-likeness (QED) is 0.496. The maximum atomic E-state index is 14.3. The van der Waals surface area contributed by atoms with E-state index in [9.17, 15) is 48.3 Å². The van der Waals surface area contributed by atoms with Crippen molar-refractivity contribution in [1.29, 1.82) is 0 Å². The molecule has 0 radical (unpaired) electrons. The molecule has 0 aliphatic carbocycles. The Kier molecular flexibility index (Phi) is 7.02. The van der Waals surface area contributed by atoms with Gasteiger partial charge < -0.3 is 4.74 Å². The highest BCUT2D eigenvalue weighted by Gasteiger charge is 2.70. The Hall–Kier alpha value is -0.890. The fraction of sp³-hybridized carbons (Fsp3) is 1.00. The Morgan fingerprint density at radius 2 is 1.26 bits per heavy atom. The van der Waals surface area contributed by atoms with Crippen LogP contribution in [-0.4, -0.2) is 67.2 Å². The second-order valence-electron chi connectivity index (χ2n) is 6.20. The van der Waals surface area contributed by atoms with Crippen molar-refractivity contribution in [1.82, 2.24) is 4.90 Å². The number of hydrogen-bond acceptors (Lipinski definition) is 3. The van der Waals surface area contributed by atoms with E-state index in [1.807, 2.05) is 0 Å². The molecule has 162 valence electrons. The van der Waals surface area contributed by atoms with Crippen LogP contribution in [0.1, 0.15) is 19.3 Å². The molecule has 2 N–H and O–H groups in total. The highest BCUT2D eigenvalue weighted by atomic mass is 19.4. The molecule has 1 heterocycles. The third-order valence-electron chi connectivity index (χ3n) is 4.10. The van der Waals surface area contributed by atoms with E-state index >= 15 is 0 Å². The highest BCUT2D eigenvalue weighted by Crippen LogP contribution is 2.43. The van der Waals surface area contributed by atoms with Gasteiger partial charge in [-0.1, -0.05) is 6.42 Å². The molecule has 0 spiro atoms. The van der Waals surface area contributed by atoms with Gasteiger partial charge >= 0.3 is 24.1 Å². The van der Waals surface area contributed by atoms with Gasteiger partial charge in [-0.2, -0.15) is 35.1 Å². The van der Waals surface area contributed by atoms with Gasteiger partial charge in [-0.05, 0) is 12.8 Å². The molecular formula is C13H17F11N2O. The molecule has 27 heavy (non-hydrogen) atoms. The molecule has 1 aliphatic heterocycles. The second-order valence-corrected chi connectivity index (χ2v) is 6.20. The van der Waals surface area contributed by atoms with E-state index in [4.69, 9.17) is 0 Å². The summed E-state index contributed by atoms with van der Waals surface area (Å²) in [6.45, 7) is -5.54. The lowest BCUT2D eigenvalue weighted by Gasteiger charge is -2.39. The van der Waals surface area contributed by atoms with Crippen molar-refractivity contribution in [2.24, 2.45) is 5.73 Å². The number of rotatable bonds is 7. The average Bonchev–Trinajstić information content (AvgIpc) is 2.52. The van der Waals surface area contributed by atoms with Gasteiger partial charge in [0.2, 0.25) is 0 Å². The Morgan fingerprint density at radius 1 is 0.778 bits per heavy atom. The van der Waals surface area contributed by atoms with Crippen molar-refractivity contribution in [2.75, 3.05) is 26.3 Å². The molecule has 14 heteroatoms. The molecule has 0 amide bonds. The summed E-state index contributed by atoms with van der Waals surface area (Å²) < 4.78 is 147. The van der Waals surface area contributed by atoms with E-state index in [-0.39, 0.29) is 25.9 Å². The summed E-state index contributed by atoms with van der Waals surface area (Å²) in [5.41, 5.74) is -0.949. The van der Waals surface area contributed by atoms with Crippen molar-refractivity contribution in [3.05, 3.63) is 0 Å². The summed E-state index contributed by atoms with van der Waals surface area (Å²) in [6, 6.07) is 0. The number of nitrogens with zero attached hydrogens (tertiary/aromatic N) is 1. The van der Waals surface area contributed by atoms with Crippen LogP contribution in [0.15, 0.2) is 0 Å². The van der Waals surface area contributed by atoms with E-state index in [2.05, 4.69) is 10.5 Å². The standard InChI is InChI=1S/C13H17F11N2O/c14-8(26-4-2-1-3-5-26)9(15,12(19,20)21)6-27-7-10(16,17)11(18,25)13(22,23)24/h8H,1-7,25H2/t8?,9-,11?/m0/s1. The molecule has 0 aromatic rings. The Balaban J connectivity index is 2.90. The fourth-order valence-corrected chi connectivity index (χ4v) is 2.36. The number of halogens is 11. The molecule has 1 fully saturated rings. The zero-order chi connectivity index (χ0) is 21.3. The largest absolute Gasteiger partial charge is 0.442 e. The molecule has 1 rings (SSSR count). The number of alkyl halides is 11. The lowest BCUT2D eigenvalue weighted by Crippen LogP contribution is -2.64. The fourth-order valence-electron chi connectivity index (χ4n) is 2.36. The summed E-state index contributed by atoms with van der Waals surface area (Å²) in [7, 11) is 0. The molecule has 0 aromatic heterocycles. The van der Waals surface area contributed by atoms with Gasteiger partial charge in [-0.25, -0.2) is 13.2 Å². The Bertz CT molecular complexity index is 488. The minimum Gasteiger partial charge on any atom is -0.371 e. The van der Waals surface area contributed by atoms with E-state index in [1.54, 1.807) is 0 Å². The van der Waals surface area contributed by atoms with Gasteiger partial charge in [0.1, 0.15) is 6.61 Å². The van der Waals surface area contributed by atoms with Crippen LogP contribution < -0.4 is 5.73 Å². The SMILES string of the molecule is NC(F)(C(F)(F)F)C(F)(F)COC[C@](F)(C(F)N1CCCCC1)C(F)(F)F. The molecule has 0 bridgehead atoms. The molecule has 3 atom stereocenters. The van der Waals surface area contributed by atoms with Gasteiger partial charge in [-0.15, -0.1) is 0 Å². The summed E-state index contributed by atoms with van der Waals surface area (Å²) in [6.07, 6.45) is -14.5. The van der Waals surface area contributed by atoms with Gasteiger partial charge in [0.05, 0.1) is 6.61 Å². The molecule has 0 aromatic carbocycles. The molecular weight excluding hydrogens is 409 g/mol. The first-order valence-corrected chi connectivity index (χ1v) is 7.61. The maximum Gasteiger partial charge on any atom is 0.442 e. The number of nitrogens with two attached hydrogens (primary N) is 1. The number of ether oxygens (including phenoxy) is 1. The summed E-state index contributed by atoms with van der Waals surface area (Å²) in [5.74, 6) is -11.2. The topological polar surface area (TPSA) is 38.5 Å². The number of piperidine rings is 1. The van der Waals surface area contributed by atoms with Gasteiger partial charge in [0.15, 0.2) is 6.30 Å². The smallest absolute Gasteiger partial charge is 0.371 e. The van der Waals surface area contributed by atoms with Crippen molar-refractivity contribution in [3.8, 4) is 0 Å². The van der Waals surface area contributed by atoms with Crippen LogP contribution in [0, 0.1) is 0 Å². The predicted molar refractivity (Wildman–Crippen MR) is 70.1 cm³/mol. The lowest BCUT2D eigenvalue weighted by molar-refractivity contribution is -0.319. The van der Waals surface area contributed by atoms with Crippen molar-refractivity contribution >= 4 is 0 Å². The van der Waals surface area contributed by atoms with E-state index in [1.165, 1.54) is 0 Å². The van der Waals surface area contributed by atoms with E-state index in [0.29, 0.717) is 11.3 Å². The zero-order valence-corrected chi connectivity index (χ0v) is 13.6. The van der Waals surface area contributed by atoms with Gasteiger partial charge in [0.25, 0.3) is 5.67 Å². The maximum absolute atomic E-state index is 14.3. The average molecular weight is 426 g/mol. The van der Waals surface area contributed by atoms with Crippen molar-refractivity contribution < 1.29 is 53.0 Å². The zero-order valence-electron chi connectivity index (χ0n) is 13.6. The third-order valence-corrected chi connectivity index (χ3v) is 4.10. The summed E-state index contributed by atoms with van der Waals surface area (Å²) in [5, 5.41) is 0. The van der Waals surface area contributed by atoms with Crippen LogP contribution in [0.4, 0.5) is 48.3 Å². The minimum atomic E-state index is -6.28. The monoisotopic (exact) mass is 426 g/mol. The molecule has 1 aliphatic rings. The minimum absolute atomic E-state index is 0.246. The molecule has 0 saturated carbocycles. The summed E-state index contributed by atoms with van der Waals surface area (Å²) >= 11 is 0. The summed E-state index contributed by atoms with van der Waals surface area (Å²) in [4.78, 5) is 0.483. The molecule has 2 unspecified atom stereocenters. The van der Waals surface area contributed by atoms with Gasteiger partial charge in [-0.3, -0.25) is 10.6 Å². The van der Waals surface area contributed by atoms with Gasteiger partial charge in [0, 0.05) is 13.1 Å². The van der Waals surface area contributed by atoms with Crippen LogP contribution >= 0.6 is 0 Å². The number of hydrogen-bond donors (Lipinski definition) is 1. The highest BCUT2D eigenvalue weighted by molar-refractivity contribution is 4.97. The first kappa shape index (κ1) is 24.1. The normalized spacial score (nSPS) is 23.6. The van der Waals surface area contributed by atoms with Crippen molar-refractivity contribution in [2.45, 2.75) is 55.3 Å². The van der Waals surface area contributed by atoms with Crippen molar-refractivity contribution in [3.63, 3.8) is 0 Å². The van der Waals surface area contributed by atoms with Crippen LogP contribution in [-0.2, 0) is 4.74 Å². The number of likely N-dealkylation sites (tertiary alicyclic amines) is 1. The Morgan fingerprint density at radius 3 is 1.67 bits per heavy atom. The van der Waals surface area contributed by atoms with E-state index < -0.39 is 49.2 Å². The predicted octanol–water partition coefficient (Wildman–Crippen LogP) is 3.88. The first-order chi connectivity index (χ1) is 12.0. The lowest BCUT2D eigenvalue weighted by atomic mass is 10.0. The van der Waals surface area contributed by atoms with Crippen LogP contribution in [0.25, 0.3) is 0 Å². The van der Waals surface area contributed by atoms with Crippen LogP contribution in [0.2, 0.25) is 0 Å². The molecule has 1 saturated heterocycles. The van der Waals surface area contributed by atoms with Crippen LogP contribution in [0.5, 0.6) is 0 Å². The third kappa shape index (κ3) is 4.94. The van der Waals surface area contributed by atoms with E-state index in [0.717, 1.165) is 0 Å². The molecule has 3 nitrogen and oxygen atoms in total. The first-order valence-electron chi connectivity index (χ1n) is 7.61. The second kappa shape index (κ2) is 7.85.